The third-order valence-corrected chi connectivity index (χ3v) is 8.15. The van der Waals surface area contributed by atoms with E-state index in [0.717, 1.165) is 19.3 Å². The Bertz CT molecular complexity index is 1390. The van der Waals surface area contributed by atoms with Gasteiger partial charge >= 0.3 is 12.1 Å². The standard InChI is InChI=1S/C34H49N5O8/c1-21(2)35-34(43)38(6)18-31-22(3)17-39(23(4)19-40)32(41)27-15-25(10-12-28(27)47-24(5)9-7-8-14-44-31)36-33(42)37-26-11-13-29-30(16-26)46-20-45-29/h10-13,15-16,21-24,31,40H,7-9,14,17-20H2,1-6H3,(H,35,43)(H2,36,37,42)/t22-,23+,24+,31-/m1/s1. The lowest BCUT2D eigenvalue weighted by molar-refractivity contribution is -0.0122. The van der Waals surface area contributed by atoms with Crippen molar-refractivity contribution in [2.45, 2.75) is 78.2 Å². The fourth-order valence-electron chi connectivity index (χ4n) is 5.44. The van der Waals surface area contributed by atoms with E-state index in [1.807, 2.05) is 27.7 Å². The molecule has 258 valence electrons. The summed E-state index contributed by atoms with van der Waals surface area (Å²) in [6.45, 7) is 10.5. The van der Waals surface area contributed by atoms with Crippen LogP contribution in [0.3, 0.4) is 0 Å². The summed E-state index contributed by atoms with van der Waals surface area (Å²) in [7, 11) is 1.73. The SMILES string of the molecule is CC(C)NC(=O)N(C)C[C@H]1OCCCC[C@H](C)Oc2ccc(NC(=O)Nc3ccc4c(c3)OCO4)cc2C(=O)N([C@@H](C)CO)C[C@H]1C. The minimum Gasteiger partial charge on any atom is -0.490 e. The summed E-state index contributed by atoms with van der Waals surface area (Å²) in [4.78, 5) is 43.2. The molecule has 2 aromatic carbocycles. The Balaban J connectivity index is 1.58. The Hall–Kier alpha value is -4.23. The molecule has 0 fully saturated rings. The van der Waals surface area contributed by atoms with E-state index in [2.05, 4.69) is 16.0 Å². The summed E-state index contributed by atoms with van der Waals surface area (Å²) in [5.74, 6) is 0.982. The summed E-state index contributed by atoms with van der Waals surface area (Å²) >= 11 is 0. The molecule has 4 N–H and O–H groups in total. The van der Waals surface area contributed by atoms with Crippen LogP contribution in [0.4, 0.5) is 21.0 Å². The minimum atomic E-state index is -0.531. The molecule has 0 saturated heterocycles. The zero-order chi connectivity index (χ0) is 34.1. The number of benzene rings is 2. The van der Waals surface area contributed by atoms with Gasteiger partial charge in [0.15, 0.2) is 11.5 Å². The number of ether oxygens (including phenoxy) is 4. The highest BCUT2D eigenvalue weighted by atomic mass is 16.7. The number of hydrogen-bond donors (Lipinski definition) is 4. The Labute approximate surface area is 276 Å². The van der Waals surface area contributed by atoms with Gasteiger partial charge in [-0.2, -0.15) is 0 Å². The first-order valence-electron chi connectivity index (χ1n) is 16.3. The molecule has 2 aliphatic heterocycles. The van der Waals surface area contributed by atoms with Crippen LogP contribution in [0.15, 0.2) is 36.4 Å². The topological polar surface area (TPSA) is 151 Å². The van der Waals surface area contributed by atoms with Crippen LogP contribution in [0.1, 0.15) is 64.2 Å². The summed E-state index contributed by atoms with van der Waals surface area (Å²) in [5.41, 5.74) is 1.16. The fourth-order valence-corrected chi connectivity index (χ4v) is 5.44. The molecule has 0 saturated carbocycles. The number of aliphatic hydroxyl groups is 1. The van der Waals surface area contributed by atoms with Crippen molar-refractivity contribution in [1.29, 1.82) is 0 Å². The number of fused-ring (bicyclic) bond motifs is 2. The Kier molecular flexibility index (Phi) is 12.5. The predicted octanol–water partition coefficient (Wildman–Crippen LogP) is 4.90. The number of likely N-dealkylation sites (N-methyl/N-ethyl adjacent to an activating group) is 1. The van der Waals surface area contributed by atoms with Crippen molar-refractivity contribution in [1.82, 2.24) is 15.1 Å². The van der Waals surface area contributed by atoms with Crippen molar-refractivity contribution in [3.63, 3.8) is 0 Å². The Morgan fingerprint density at radius 1 is 1.00 bits per heavy atom. The molecule has 13 nitrogen and oxygen atoms in total. The number of rotatable bonds is 7. The summed E-state index contributed by atoms with van der Waals surface area (Å²) < 4.78 is 23.3. The molecule has 4 rings (SSSR count). The average Bonchev–Trinajstić information content (AvgIpc) is 3.50. The molecule has 0 spiro atoms. The van der Waals surface area contributed by atoms with E-state index in [9.17, 15) is 19.5 Å². The highest BCUT2D eigenvalue weighted by Gasteiger charge is 2.31. The normalized spacial score (nSPS) is 20.8. The molecule has 2 aliphatic rings. The number of aliphatic hydroxyl groups excluding tert-OH is 1. The van der Waals surface area contributed by atoms with Gasteiger partial charge in [-0.3, -0.25) is 4.79 Å². The van der Waals surface area contributed by atoms with Crippen LogP contribution in [0.5, 0.6) is 17.2 Å². The number of carbonyl (C=O) groups is 3. The second-order valence-corrected chi connectivity index (χ2v) is 12.6. The number of nitrogens with one attached hydrogen (secondary N) is 3. The third kappa shape index (κ3) is 9.88. The van der Waals surface area contributed by atoms with Crippen LogP contribution >= 0.6 is 0 Å². The lowest BCUT2D eigenvalue weighted by Gasteiger charge is -2.36. The second kappa shape index (κ2) is 16.6. The molecule has 5 amide bonds. The second-order valence-electron chi connectivity index (χ2n) is 12.6. The molecular weight excluding hydrogens is 606 g/mol. The van der Waals surface area contributed by atoms with Gasteiger partial charge in [0.1, 0.15) is 5.75 Å². The highest BCUT2D eigenvalue weighted by Crippen LogP contribution is 2.34. The van der Waals surface area contributed by atoms with Crippen molar-refractivity contribution < 1.29 is 38.4 Å². The first-order chi connectivity index (χ1) is 22.4. The van der Waals surface area contributed by atoms with Gasteiger partial charge in [-0.25, -0.2) is 9.59 Å². The van der Waals surface area contributed by atoms with Gasteiger partial charge in [-0.1, -0.05) is 6.92 Å². The van der Waals surface area contributed by atoms with E-state index in [0.29, 0.717) is 41.8 Å². The zero-order valence-electron chi connectivity index (χ0n) is 28.2. The van der Waals surface area contributed by atoms with E-state index in [-0.39, 0.29) is 61.6 Å². The molecule has 47 heavy (non-hydrogen) atoms. The molecular formula is C34H49N5O8. The van der Waals surface area contributed by atoms with E-state index in [4.69, 9.17) is 18.9 Å². The fraction of sp³-hybridized carbons (Fsp3) is 0.559. The maximum Gasteiger partial charge on any atom is 0.323 e. The molecule has 2 aromatic rings. The molecule has 0 bridgehead atoms. The van der Waals surface area contributed by atoms with Crippen molar-refractivity contribution in [3.05, 3.63) is 42.0 Å². The maximum atomic E-state index is 14.3. The molecule has 0 radical (unpaired) electrons. The van der Waals surface area contributed by atoms with Gasteiger partial charge in [-0.15, -0.1) is 0 Å². The quantitative estimate of drug-likeness (QED) is 0.329. The van der Waals surface area contributed by atoms with Gasteiger partial charge in [0.05, 0.1) is 30.4 Å². The van der Waals surface area contributed by atoms with E-state index >= 15 is 0 Å². The van der Waals surface area contributed by atoms with Gasteiger partial charge < -0.3 is 49.8 Å². The number of nitrogens with zero attached hydrogens (tertiary/aromatic N) is 2. The molecule has 0 aromatic heterocycles. The summed E-state index contributed by atoms with van der Waals surface area (Å²) in [6, 6.07) is 8.81. The summed E-state index contributed by atoms with van der Waals surface area (Å²) in [6.07, 6.45) is 1.85. The monoisotopic (exact) mass is 655 g/mol. The van der Waals surface area contributed by atoms with E-state index < -0.39 is 12.1 Å². The third-order valence-electron chi connectivity index (χ3n) is 8.15. The van der Waals surface area contributed by atoms with Crippen molar-refractivity contribution >= 4 is 29.3 Å². The Morgan fingerprint density at radius 3 is 2.38 bits per heavy atom. The first kappa shape index (κ1) is 35.6. The van der Waals surface area contributed by atoms with Gasteiger partial charge in [0.2, 0.25) is 6.79 Å². The lowest BCUT2D eigenvalue weighted by Crippen LogP contribution is -2.49. The van der Waals surface area contributed by atoms with Gasteiger partial charge in [0, 0.05) is 56.1 Å². The summed E-state index contributed by atoms with van der Waals surface area (Å²) in [5, 5.41) is 18.7. The van der Waals surface area contributed by atoms with Gasteiger partial charge in [-0.05, 0) is 77.3 Å². The van der Waals surface area contributed by atoms with Crippen LogP contribution < -0.4 is 30.2 Å². The highest BCUT2D eigenvalue weighted by molar-refractivity contribution is 6.02. The van der Waals surface area contributed by atoms with Crippen LogP contribution in [0, 0.1) is 5.92 Å². The molecule has 13 heteroatoms. The van der Waals surface area contributed by atoms with Crippen LogP contribution in [-0.2, 0) is 4.74 Å². The van der Waals surface area contributed by atoms with Crippen LogP contribution in [0.25, 0.3) is 0 Å². The number of urea groups is 2. The number of hydrogen-bond acceptors (Lipinski definition) is 8. The molecule has 0 aliphatic carbocycles. The van der Waals surface area contributed by atoms with Crippen LogP contribution in [-0.4, -0.2) is 97.3 Å². The first-order valence-corrected chi connectivity index (χ1v) is 16.3. The van der Waals surface area contributed by atoms with E-state index in [1.54, 1.807) is 60.2 Å². The minimum absolute atomic E-state index is 0.00999. The average molecular weight is 656 g/mol. The largest absolute Gasteiger partial charge is 0.490 e. The van der Waals surface area contributed by atoms with Crippen molar-refractivity contribution in [2.24, 2.45) is 5.92 Å². The van der Waals surface area contributed by atoms with Gasteiger partial charge in [0.25, 0.3) is 5.91 Å². The van der Waals surface area contributed by atoms with Crippen molar-refractivity contribution in [3.8, 4) is 17.2 Å². The smallest absolute Gasteiger partial charge is 0.323 e. The number of anilines is 2. The predicted molar refractivity (Wildman–Crippen MR) is 178 cm³/mol. The van der Waals surface area contributed by atoms with E-state index in [1.165, 1.54) is 0 Å². The maximum absolute atomic E-state index is 14.3. The number of amides is 5. The van der Waals surface area contributed by atoms with Crippen molar-refractivity contribution in [2.75, 3.05) is 50.8 Å². The lowest BCUT2D eigenvalue weighted by atomic mass is 10.0. The van der Waals surface area contributed by atoms with Crippen LogP contribution in [0.2, 0.25) is 0 Å². The Morgan fingerprint density at radius 2 is 1.68 bits per heavy atom. The zero-order valence-corrected chi connectivity index (χ0v) is 28.2. The number of carbonyl (C=O) groups excluding carboxylic acids is 3. The molecule has 4 atom stereocenters. The molecule has 0 unspecified atom stereocenters. The molecule has 2 heterocycles.